The van der Waals surface area contributed by atoms with Gasteiger partial charge in [-0.25, -0.2) is 0 Å². The summed E-state index contributed by atoms with van der Waals surface area (Å²) in [4.78, 5) is 27.4. The molecule has 0 bridgehead atoms. The van der Waals surface area contributed by atoms with Crippen LogP contribution in [-0.4, -0.2) is 78.4 Å². The van der Waals surface area contributed by atoms with E-state index in [0.29, 0.717) is 74.4 Å². The first-order valence-corrected chi connectivity index (χ1v) is 15.5. The molecule has 1 aliphatic rings. The summed E-state index contributed by atoms with van der Waals surface area (Å²) in [5.74, 6) is 1.31. The van der Waals surface area contributed by atoms with Gasteiger partial charge in [0.2, 0.25) is 5.91 Å². The third-order valence-corrected chi connectivity index (χ3v) is 7.59. The molecule has 3 atom stereocenters. The number of unbranched alkanes of at least 4 members (excludes halogenated alkanes) is 5. The van der Waals surface area contributed by atoms with Crippen LogP contribution >= 0.6 is 0 Å². The Kier molecular flexibility index (Phi) is 16.8. The van der Waals surface area contributed by atoms with E-state index in [2.05, 4.69) is 23.7 Å². The molecule has 0 saturated carbocycles. The fourth-order valence-corrected chi connectivity index (χ4v) is 4.95. The number of benzene rings is 1. The van der Waals surface area contributed by atoms with E-state index in [1.54, 1.807) is 43.5 Å². The SMILES string of the molecule is C=C/C(=C\C=C(/C)[C@@H](O)[C@@H](CN1CC[C@H](O)C1)NC(=O)CCCCCC(=O)c1ccc(OC)cc1)OCCCCCC. The van der Waals surface area contributed by atoms with E-state index in [0.717, 1.165) is 25.8 Å². The topological polar surface area (TPSA) is 108 Å². The molecule has 2 rings (SSSR count). The zero-order valence-electron chi connectivity index (χ0n) is 25.9. The molecule has 1 aromatic carbocycles. The highest BCUT2D eigenvalue weighted by molar-refractivity contribution is 5.96. The second-order valence-corrected chi connectivity index (χ2v) is 11.1. The van der Waals surface area contributed by atoms with Crippen molar-refractivity contribution in [3.8, 4) is 5.75 Å². The first-order chi connectivity index (χ1) is 20.3. The number of ether oxygens (including phenoxy) is 2. The number of ketones is 1. The molecular weight excluding hydrogens is 532 g/mol. The van der Waals surface area contributed by atoms with Crippen LogP contribution in [0.1, 0.15) is 88.4 Å². The van der Waals surface area contributed by atoms with Gasteiger partial charge in [-0.05, 0) is 74.6 Å². The Hall–Kier alpha value is -2.94. The van der Waals surface area contributed by atoms with Gasteiger partial charge in [0.05, 0.1) is 32.0 Å². The van der Waals surface area contributed by atoms with Crippen molar-refractivity contribution < 1.29 is 29.3 Å². The number of nitrogens with zero attached hydrogens (tertiary/aromatic N) is 1. The number of methoxy groups -OCH3 is 1. The Bertz CT molecular complexity index is 1020. The van der Waals surface area contributed by atoms with E-state index in [1.807, 2.05) is 13.0 Å². The van der Waals surface area contributed by atoms with Crippen LogP contribution in [0.4, 0.5) is 0 Å². The number of hydrogen-bond donors (Lipinski definition) is 3. The number of aliphatic hydroxyl groups excluding tert-OH is 2. The molecule has 8 nitrogen and oxygen atoms in total. The summed E-state index contributed by atoms with van der Waals surface area (Å²) < 4.78 is 10.9. The Labute approximate surface area is 252 Å². The van der Waals surface area contributed by atoms with E-state index >= 15 is 0 Å². The summed E-state index contributed by atoms with van der Waals surface area (Å²) in [7, 11) is 1.59. The normalized spacial score (nSPS) is 17.5. The molecule has 1 amide bonds. The lowest BCUT2D eigenvalue weighted by Crippen LogP contribution is -2.50. The summed E-state index contributed by atoms with van der Waals surface area (Å²) in [5, 5.41) is 24.2. The molecule has 0 spiro atoms. The zero-order valence-corrected chi connectivity index (χ0v) is 25.9. The highest BCUT2D eigenvalue weighted by atomic mass is 16.5. The van der Waals surface area contributed by atoms with Gasteiger partial charge in [0.25, 0.3) is 0 Å². The minimum atomic E-state index is -0.902. The smallest absolute Gasteiger partial charge is 0.220 e. The molecular formula is C34H52N2O6. The molecule has 0 aliphatic carbocycles. The van der Waals surface area contributed by atoms with Crippen molar-refractivity contribution in [1.29, 1.82) is 0 Å². The number of carbonyl (C=O) groups excluding carboxylic acids is 2. The Balaban J connectivity index is 1.88. The van der Waals surface area contributed by atoms with Crippen molar-refractivity contribution in [2.24, 2.45) is 0 Å². The predicted octanol–water partition coefficient (Wildman–Crippen LogP) is 5.35. The quantitative estimate of drug-likeness (QED) is 0.0773. The van der Waals surface area contributed by atoms with Crippen molar-refractivity contribution in [2.45, 2.75) is 96.3 Å². The molecule has 8 heteroatoms. The Morgan fingerprint density at radius 2 is 1.81 bits per heavy atom. The van der Waals surface area contributed by atoms with Crippen LogP contribution in [0, 0.1) is 0 Å². The van der Waals surface area contributed by atoms with Crippen molar-refractivity contribution in [1.82, 2.24) is 10.2 Å². The second-order valence-electron chi connectivity index (χ2n) is 11.1. The molecule has 1 aliphatic heterocycles. The van der Waals surface area contributed by atoms with E-state index in [-0.39, 0.29) is 17.8 Å². The number of carbonyl (C=O) groups is 2. The highest BCUT2D eigenvalue weighted by Gasteiger charge is 2.28. The largest absolute Gasteiger partial charge is 0.497 e. The molecule has 1 saturated heterocycles. The molecule has 3 N–H and O–H groups in total. The van der Waals surface area contributed by atoms with E-state index in [1.165, 1.54) is 12.8 Å². The number of Topliss-reactive ketones (excluding diaryl/α,β-unsaturated/α-hetero) is 1. The van der Waals surface area contributed by atoms with Crippen LogP contribution < -0.4 is 10.1 Å². The molecule has 1 fully saturated rings. The molecule has 0 unspecified atom stereocenters. The predicted molar refractivity (Wildman–Crippen MR) is 168 cm³/mol. The first-order valence-electron chi connectivity index (χ1n) is 15.5. The molecule has 234 valence electrons. The standard InChI is InChI=1S/C34H52N2O6/c1-5-7-8-12-23-42-29(6-2)18-15-26(3)34(40)31(25-36-22-21-28(37)24-36)35-33(39)14-11-9-10-13-32(38)27-16-19-30(41-4)20-17-27/h6,15-20,28,31,34,37,40H,2,5,7-14,21-25H2,1,3-4H3,(H,35,39)/b26-15+,29-18+/t28-,31+,34+/m0/s1. The number of β-amino-alcohol motifs (C(OH)–C–C–N with tert-alkyl or cyclic N) is 1. The zero-order chi connectivity index (χ0) is 30.7. The third-order valence-electron chi connectivity index (χ3n) is 7.59. The van der Waals surface area contributed by atoms with Gasteiger partial charge in [-0.1, -0.05) is 45.3 Å². The van der Waals surface area contributed by atoms with Crippen LogP contribution in [0.3, 0.4) is 0 Å². The average molecular weight is 585 g/mol. The maximum atomic E-state index is 12.9. The van der Waals surface area contributed by atoms with Crippen molar-refractivity contribution in [3.05, 3.63) is 66.0 Å². The monoisotopic (exact) mass is 584 g/mol. The molecule has 1 aromatic rings. The fourth-order valence-electron chi connectivity index (χ4n) is 4.95. The summed E-state index contributed by atoms with van der Waals surface area (Å²) in [5.41, 5.74) is 1.36. The van der Waals surface area contributed by atoms with Gasteiger partial charge in [-0.2, -0.15) is 0 Å². The van der Waals surface area contributed by atoms with Crippen molar-refractivity contribution >= 4 is 11.7 Å². The van der Waals surface area contributed by atoms with E-state index in [4.69, 9.17) is 9.47 Å². The maximum absolute atomic E-state index is 12.9. The molecule has 0 aromatic heterocycles. The summed E-state index contributed by atoms with van der Waals surface area (Å²) in [6.45, 7) is 10.1. The van der Waals surface area contributed by atoms with Crippen LogP contribution in [0.15, 0.2) is 60.4 Å². The van der Waals surface area contributed by atoms with Crippen LogP contribution in [0.2, 0.25) is 0 Å². The summed E-state index contributed by atoms with van der Waals surface area (Å²) in [6.07, 6.45) is 12.0. The van der Waals surface area contributed by atoms with Crippen LogP contribution in [0.25, 0.3) is 0 Å². The number of hydrogen-bond acceptors (Lipinski definition) is 7. The van der Waals surface area contributed by atoms with Crippen LogP contribution in [-0.2, 0) is 9.53 Å². The van der Waals surface area contributed by atoms with Gasteiger partial charge in [-0.15, -0.1) is 0 Å². The average Bonchev–Trinajstić information content (AvgIpc) is 3.41. The number of aliphatic hydroxyl groups is 2. The fraction of sp³-hybridized carbons (Fsp3) is 0.588. The van der Waals surface area contributed by atoms with Crippen molar-refractivity contribution in [3.63, 3.8) is 0 Å². The lowest BCUT2D eigenvalue weighted by molar-refractivity contribution is -0.122. The Morgan fingerprint density at radius 3 is 2.45 bits per heavy atom. The number of amides is 1. The number of likely N-dealkylation sites (tertiary alicyclic amines) is 1. The Morgan fingerprint density at radius 1 is 1.10 bits per heavy atom. The number of allylic oxidation sites excluding steroid dienone is 3. The van der Waals surface area contributed by atoms with E-state index < -0.39 is 12.1 Å². The first kappa shape index (κ1) is 35.3. The van der Waals surface area contributed by atoms with Gasteiger partial charge < -0.3 is 25.0 Å². The second kappa shape index (κ2) is 20.1. The highest BCUT2D eigenvalue weighted by Crippen LogP contribution is 2.17. The van der Waals surface area contributed by atoms with Crippen molar-refractivity contribution in [2.75, 3.05) is 33.4 Å². The maximum Gasteiger partial charge on any atom is 0.220 e. The van der Waals surface area contributed by atoms with Gasteiger partial charge in [0.15, 0.2) is 5.78 Å². The van der Waals surface area contributed by atoms with Crippen LogP contribution in [0.5, 0.6) is 5.75 Å². The van der Waals surface area contributed by atoms with Gasteiger partial charge >= 0.3 is 0 Å². The number of nitrogens with one attached hydrogen (secondary N) is 1. The summed E-state index contributed by atoms with van der Waals surface area (Å²) >= 11 is 0. The molecule has 42 heavy (non-hydrogen) atoms. The van der Waals surface area contributed by atoms with Gasteiger partial charge in [0.1, 0.15) is 11.5 Å². The summed E-state index contributed by atoms with van der Waals surface area (Å²) in [6, 6.07) is 6.57. The lowest BCUT2D eigenvalue weighted by atomic mass is 10.0. The number of rotatable bonds is 21. The lowest BCUT2D eigenvalue weighted by Gasteiger charge is -2.29. The third kappa shape index (κ3) is 13.4. The minimum Gasteiger partial charge on any atom is -0.497 e. The van der Waals surface area contributed by atoms with Gasteiger partial charge in [-0.3, -0.25) is 14.5 Å². The van der Waals surface area contributed by atoms with E-state index in [9.17, 15) is 19.8 Å². The molecule has 1 heterocycles. The molecule has 0 radical (unpaired) electrons. The van der Waals surface area contributed by atoms with Gasteiger partial charge in [0, 0.05) is 38.0 Å². The minimum absolute atomic E-state index is 0.0795.